The van der Waals surface area contributed by atoms with Crippen LogP contribution in [0.25, 0.3) is 0 Å². The summed E-state index contributed by atoms with van der Waals surface area (Å²) in [4.78, 5) is 15.2. The van der Waals surface area contributed by atoms with E-state index in [1.165, 1.54) is 11.3 Å². The Bertz CT molecular complexity index is 296. The third-order valence-electron chi connectivity index (χ3n) is 1.86. The number of amides is 1. The number of hydrogen-bond donors (Lipinski definition) is 1. The molecule has 4 nitrogen and oxygen atoms in total. The molecule has 1 N–H and O–H groups in total. The van der Waals surface area contributed by atoms with Crippen LogP contribution in [0.5, 0.6) is 0 Å². The minimum absolute atomic E-state index is 0.429. The highest BCUT2D eigenvalue weighted by Crippen LogP contribution is 2.16. The Morgan fingerprint density at radius 2 is 2.43 bits per heavy atom. The molecule has 78 valence electrons. The van der Waals surface area contributed by atoms with Crippen LogP contribution in [-0.4, -0.2) is 16.7 Å². The van der Waals surface area contributed by atoms with E-state index in [0.29, 0.717) is 5.13 Å². The summed E-state index contributed by atoms with van der Waals surface area (Å²) in [5.41, 5.74) is -0.429. The summed E-state index contributed by atoms with van der Waals surface area (Å²) in [6, 6.07) is 0. The molecule has 0 fully saturated rings. The van der Waals surface area contributed by atoms with Crippen molar-refractivity contribution in [3.63, 3.8) is 0 Å². The third kappa shape index (κ3) is 3.33. The lowest BCUT2D eigenvalue weighted by Gasteiger charge is -2.22. The number of hydrogen-bond acceptors (Lipinski definition) is 4. The van der Waals surface area contributed by atoms with Crippen molar-refractivity contribution in [1.82, 2.24) is 4.98 Å². The molecule has 0 aliphatic carbocycles. The van der Waals surface area contributed by atoms with Crippen LogP contribution in [-0.2, 0) is 4.74 Å². The van der Waals surface area contributed by atoms with Gasteiger partial charge >= 0.3 is 6.09 Å². The molecule has 0 saturated heterocycles. The SMILES string of the molecule is CCC(C)(C)OC(=O)Nc1nccs1. The van der Waals surface area contributed by atoms with Gasteiger partial charge in [-0.1, -0.05) is 6.92 Å². The molecule has 0 radical (unpaired) electrons. The van der Waals surface area contributed by atoms with Crippen LogP contribution in [0.4, 0.5) is 9.93 Å². The number of thiazole rings is 1. The molecule has 0 bridgehead atoms. The highest BCUT2D eigenvalue weighted by molar-refractivity contribution is 7.13. The quantitative estimate of drug-likeness (QED) is 0.841. The van der Waals surface area contributed by atoms with Crippen LogP contribution in [0, 0.1) is 0 Å². The number of nitrogens with one attached hydrogen (secondary N) is 1. The van der Waals surface area contributed by atoms with Gasteiger partial charge in [0.15, 0.2) is 5.13 Å². The van der Waals surface area contributed by atoms with E-state index in [4.69, 9.17) is 4.74 Å². The molecule has 1 heterocycles. The van der Waals surface area contributed by atoms with Crippen LogP contribution in [0.3, 0.4) is 0 Å². The molecule has 0 saturated carbocycles. The molecule has 1 rings (SSSR count). The maximum absolute atomic E-state index is 11.3. The van der Waals surface area contributed by atoms with Gasteiger partial charge in [-0.15, -0.1) is 11.3 Å². The first kappa shape index (κ1) is 11.0. The van der Waals surface area contributed by atoms with Crippen molar-refractivity contribution in [2.75, 3.05) is 5.32 Å². The molecule has 0 aliphatic heterocycles. The van der Waals surface area contributed by atoms with Gasteiger partial charge < -0.3 is 4.74 Å². The molecule has 0 spiro atoms. The number of aromatic nitrogens is 1. The summed E-state index contributed by atoms with van der Waals surface area (Å²) >= 11 is 1.36. The minimum atomic E-state index is -0.452. The summed E-state index contributed by atoms with van der Waals surface area (Å²) in [5, 5.41) is 4.91. The average Bonchev–Trinajstić information content (AvgIpc) is 2.55. The Balaban J connectivity index is 2.44. The van der Waals surface area contributed by atoms with E-state index in [2.05, 4.69) is 10.3 Å². The molecule has 0 aromatic carbocycles. The lowest BCUT2D eigenvalue weighted by molar-refractivity contribution is 0.0462. The minimum Gasteiger partial charge on any atom is -0.443 e. The Labute approximate surface area is 87.3 Å². The molecule has 0 atom stereocenters. The van der Waals surface area contributed by atoms with E-state index >= 15 is 0 Å². The van der Waals surface area contributed by atoms with Gasteiger partial charge in [0.25, 0.3) is 0 Å². The van der Waals surface area contributed by atoms with Crippen molar-refractivity contribution in [3.8, 4) is 0 Å². The summed E-state index contributed by atoms with van der Waals surface area (Å²) in [6.07, 6.45) is 1.95. The zero-order chi connectivity index (χ0) is 10.6. The van der Waals surface area contributed by atoms with Gasteiger partial charge in [0.05, 0.1) is 0 Å². The predicted molar refractivity (Wildman–Crippen MR) is 56.6 cm³/mol. The number of rotatable bonds is 3. The van der Waals surface area contributed by atoms with Crippen LogP contribution in [0.15, 0.2) is 11.6 Å². The Hall–Kier alpha value is -1.10. The van der Waals surface area contributed by atoms with E-state index < -0.39 is 11.7 Å². The molecule has 1 amide bonds. The summed E-state index contributed by atoms with van der Waals surface area (Å²) in [7, 11) is 0. The zero-order valence-corrected chi connectivity index (χ0v) is 9.35. The summed E-state index contributed by atoms with van der Waals surface area (Å²) < 4.78 is 5.18. The molecule has 1 aromatic rings. The van der Waals surface area contributed by atoms with E-state index in [1.54, 1.807) is 11.6 Å². The number of anilines is 1. The summed E-state index contributed by atoms with van der Waals surface area (Å²) in [5.74, 6) is 0. The Morgan fingerprint density at radius 3 is 2.93 bits per heavy atom. The highest BCUT2D eigenvalue weighted by Gasteiger charge is 2.20. The first-order chi connectivity index (χ1) is 6.53. The van der Waals surface area contributed by atoms with Crippen molar-refractivity contribution in [2.45, 2.75) is 32.8 Å². The van der Waals surface area contributed by atoms with Gasteiger partial charge in [-0.2, -0.15) is 0 Å². The number of nitrogens with zero attached hydrogens (tertiary/aromatic N) is 1. The molecule has 0 unspecified atom stereocenters. The molecular weight excluding hydrogens is 200 g/mol. The fourth-order valence-electron chi connectivity index (χ4n) is 0.721. The maximum atomic E-state index is 11.3. The largest absolute Gasteiger partial charge is 0.443 e. The fraction of sp³-hybridized carbons (Fsp3) is 0.556. The molecule has 5 heteroatoms. The van der Waals surface area contributed by atoms with Crippen molar-refractivity contribution in [2.24, 2.45) is 0 Å². The number of ether oxygens (including phenoxy) is 1. The average molecular weight is 214 g/mol. The smallest absolute Gasteiger partial charge is 0.413 e. The first-order valence-corrected chi connectivity index (χ1v) is 5.31. The molecular formula is C9H14N2O2S. The molecule has 14 heavy (non-hydrogen) atoms. The lowest BCUT2D eigenvalue weighted by Crippen LogP contribution is -2.29. The number of carbonyl (C=O) groups excluding carboxylic acids is 1. The zero-order valence-electron chi connectivity index (χ0n) is 8.53. The fourth-order valence-corrected chi connectivity index (χ4v) is 1.24. The third-order valence-corrected chi connectivity index (χ3v) is 2.55. The van der Waals surface area contributed by atoms with E-state index in [9.17, 15) is 4.79 Å². The second kappa shape index (κ2) is 4.41. The van der Waals surface area contributed by atoms with Gasteiger partial charge in [0.1, 0.15) is 5.60 Å². The van der Waals surface area contributed by atoms with E-state index in [-0.39, 0.29) is 0 Å². The van der Waals surface area contributed by atoms with E-state index in [0.717, 1.165) is 6.42 Å². The Morgan fingerprint density at radius 1 is 1.71 bits per heavy atom. The van der Waals surface area contributed by atoms with E-state index in [1.807, 2.05) is 20.8 Å². The van der Waals surface area contributed by atoms with Crippen molar-refractivity contribution in [3.05, 3.63) is 11.6 Å². The van der Waals surface area contributed by atoms with Gasteiger partial charge in [0, 0.05) is 11.6 Å². The van der Waals surface area contributed by atoms with Crippen LogP contribution in [0.2, 0.25) is 0 Å². The highest BCUT2D eigenvalue weighted by atomic mass is 32.1. The lowest BCUT2D eigenvalue weighted by atomic mass is 10.1. The topological polar surface area (TPSA) is 51.2 Å². The predicted octanol–water partition coefficient (Wildman–Crippen LogP) is 2.88. The van der Waals surface area contributed by atoms with Crippen molar-refractivity contribution >= 4 is 22.6 Å². The summed E-state index contributed by atoms with van der Waals surface area (Å²) in [6.45, 7) is 5.71. The van der Waals surface area contributed by atoms with Crippen molar-refractivity contribution < 1.29 is 9.53 Å². The van der Waals surface area contributed by atoms with Gasteiger partial charge in [-0.3, -0.25) is 5.32 Å². The van der Waals surface area contributed by atoms with Crippen LogP contribution >= 0.6 is 11.3 Å². The monoisotopic (exact) mass is 214 g/mol. The Kier molecular flexibility index (Phi) is 3.46. The number of carbonyl (C=O) groups is 1. The molecule has 0 aliphatic rings. The van der Waals surface area contributed by atoms with Crippen LogP contribution in [0.1, 0.15) is 27.2 Å². The van der Waals surface area contributed by atoms with Gasteiger partial charge in [-0.25, -0.2) is 9.78 Å². The van der Waals surface area contributed by atoms with Crippen LogP contribution < -0.4 is 5.32 Å². The molecule has 1 aromatic heterocycles. The van der Waals surface area contributed by atoms with Crippen molar-refractivity contribution in [1.29, 1.82) is 0 Å². The second-order valence-corrected chi connectivity index (χ2v) is 4.36. The van der Waals surface area contributed by atoms with Gasteiger partial charge in [-0.05, 0) is 20.3 Å². The van der Waals surface area contributed by atoms with Gasteiger partial charge in [0.2, 0.25) is 0 Å². The normalized spacial score (nSPS) is 11.1. The second-order valence-electron chi connectivity index (χ2n) is 3.47. The standard InChI is InChI=1S/C9H14N2O2S/c1-4-9(2,3)13-8(12)11-7-10-5-6-14-7/h5-6H,4H2,1-3H3,(H,10,11,12). The first-order valence-electron chi connectivity index (χ1n) is 4.43. The maximum Gasteiger partial charge on any atom is 0.413 e.